The minimum Gasteiger partial charge on any atom is -0.309 e. The SMILES string of the molecule is c1ccc(-n2c3ccccc3c3ccccc32)c(-c2cc(-n3c4ccccc4c4ccccc43)c(-c3ccc(-n4c5ccccc5c5ccccc54)cc3-n3c4ccccc4c4cc(-n5c6ccccc6c6ccccc65)ccc43)cc2-n2c3ccccc3c3ccccc32)c1. The van der Waals surface area contributed by atoms with Crippen LogP contribution in [0.15, 0.2) is 340 Å². The molecule has 0 radical (unpaired) electrons. The van der Waals surface area contributed by atoms with Gasteiger partial charge in [0.05, 0.1) is 88.9 Å². The molecule has 0 bridgehead atoms. The fraction of sp³-hybridized carbons (Fsp3) is 0. The number of hydrogen-bond acceptors (Lipinski definition) is 0. The molecule has 0 aliphatic rings. The molecule has 0 aliphatic carbocycles. The van der Waals surface area contributed by atoms with Crippen LogP contribution in [-0.4, -0.2) is 27.4 Å². The van der Waals surface area contributed by atoms with E-state index in [1.165, 1.54) is 75.7 Å². The lowest BCUT2D eigenvalue weighted by molar-refractivity contribution is 1.12. The molecule has 0 N–H and O–H groups in total. The summed E-state index contributed by atoms with van der Waals surface area (Å²) in [6.07, 6.45) is 0. The van der Waals surface area contributed by atoms with E-state index in [9.17, 15) is 0 Å². The van der Waals surface area contributed by atoms with E-state index in [1.54, 1.807) is 0 Å². The third kappa shape index (κ3) is 7.40. The lowest BCUT2D eigenvalue weighted by Gasteiger charge is -2.25. The predicted molar refractivity (Wildman–Crippen MR) is 403 cm³/mol. The summed E-state index contributed by atoms with van der Waals surface area (Å²) in [5.74, 6) is 0. The van der Waals surface area contributed by atoms with Gasteiger partial charge >= 0.3 is 0 Å². The second-order valence-electron chi connectivity index (χ2n) is 25.5. The molecule has 0 atom stereocenters. The summed E-state index contributed by atoms with van der Waals surface area (Å²) < 4.78 is 15.1. The Morgan fingerprint density at radius 2 is 0.344 bits per heavy atom. The highest BCUT2D eigenvalue weighted by atomic mass is 15.0. The van der Waals surface area contributed by atoms with Gasteiger partial charge in [0, 0.05) is 98.3 Å². The highest BCUT2D eigenvalue weighted by Crippen LogP contribution is 2.49. The van der Waals surface area contributed by atoms with Gasteiger partial charge in [-0.3, -0.25) is 0 Å². The maximum absolute atomic E-state index is 2.56. The number of benzene rings is 15. The van der Waals surface area contributed by atoms with Gasteiger partial charge in [0.15, 0.2) is 0 Å². The van der Waals surface area contributed by atoms with Crippen molar-refractivity contribution in [1.82, 2.24) is 27.4 Å². The second kappa shape index (κ2) is 20.3. The number of rotatable bonds is 8. The molecule has 6 aromatic heterocycles. The molecule has 0 saturated carbocycles. The summed E-state index contributed by atoms with van der Waals surface area (Å²) in [5.41, 5.74) is 24.6. The number of nitrogens with zero attached hydrogens (tertiary/aromatic N) is 6. The van der Waals surface area contributed by atoms with Crippen LogP contribution in [-0.2, 0) is 0 Å². The normalized spacial score (nSPS) is 12.2. The molecule has 0 saturated heterocycles. The van der Waals surface area contributed by atoms with Crippen LogP contribution in [0.1, 0.15) is 0 Å². The van der Waals surface area contributed by atoms with E-state index in [0.29, 0.717) is 0 Å². The minimum absolute atomic E-state index is 1.05. The Balaban J connectivity index is 0.936. The lowest BCUT2D eigenvalue weighted by atomic mass is 9.93. The first kappa shape index (κ1) is 52.7. The first-order valence-corrected chi connectivity index (χ1v) is 33.1. The Labute approximate surface area is 551 Å². The third-order valence-electron chi connectivity index (χ3n) is 20.6. The second-order valence-corrected chi connectivity index (χ2v) is 25.5. The molecule has 446 valence electrons. The van der Waals surface area contributed by atoms with Gasteiger partial charge in [-0.05, 0) is 115 Å². The highest BCUT2D eigenvalue weighted by Gasteiger charge is 2.28. The molecule has 6 heterocycles. The Hall–Kier alpha value is -12.9. The van der Waals surface area contributed by atoms with Crippen molar-refractivity contribution < 1.29 is 0 Å². The zero-order valence-electron chi connectivity index (χ0n) is 52.0. The maximum Gasteiger partial charge on any atom is 0.0562 e. The van der Waals surface area contributed by atoms with Crippen molar-refractivity contribution in [2.45, 2.75) is 0 Å². The Morgan fingerprint density at radius 3 is 0.677 bits per heavy atom. The molecular formula is C90H56N6. The van der Waals surface area contributed by atoms with Gasteiger partial charge in [0.25, 0.3) is 0 Å². The summed E-state index contributed by atoms with van der Waals surface area (Å²) in [5, 5.41) is 14.5. The van der Waals surface area contributed by atoms with Crippen LogP contribution in [0, 0.1) is 0 Å². The van der Waals surface area contributed by atoms with E-state index >= 15 is 0 Å². The summed E-state index contributed by atoms with van der Waals surface area (Å²) in [6.45, 7) is 0. The predicted octanol–water partition coefficient (Wildman–Crippen LogP) is 23.6. The summed E-state index contributed by atoms with van der Waals surface area (Å²) >= 11 is 0. The van der Waals surface area contributed by atoms with E-state index in [0.717, 1.165) is 112 Å². The van der Waals surface area contributed by atoms with Crippen molar-refractivity contribution >= 4 is 131 Å². The van der Waals surface area contributed by atoms with Crippen molar-refractivity contribution in [3.63, 3.8) is 0 Å². The fourth-order valence-electron chi connectivity index (χ4n) is 16.7. The first-order chi connectivity index (χ1) is 47.7. The standard InChI is InChI=1S/C90H56N6/c1-13-37-75-59(25-1)60-26-2-14-38-76(60)91(75)57-50-52-87-72(53-57)69-35-11-24-48-86(69)96(87)88-54-58(92-77-39-15-3-27-61(77)62-28-4-16-40-78(62)92)49-51-71(88)74-56-89(94-81-43-19-7-31-65(81)66-32-8-20-44-82(66)94)73(55-90(74)95-83-45-21-9-33-67(83)68-34-10-22-46-84(68)95)70-36-12-23-47-85(70)93-79-41-17-5-29-63(79)64-30-6-18-42-80(64)93/h1-56H. The molecule has 6 nitrogen and oxygen atoms in total. The van der Waals surface area contributed by atoms with Crippen molar-refractivity contribution in [3.8, 4) is 56.4 Å². The molecule has 0 spiro atoms. The first-order valence-electron chi connectivity index (χ1n) is 33.1. The van der Waals surface area contributed by atoms with Gasteiger partial charge in [-0.1, -0.05) is 224 Å². The lowest BCUT2D eigenvalue weighted by Crippen LogP contribution is -2.07. The van der Waals surface area contributed by atoms with Crippen LogP contribution in [0.3, 0.4) is 0 Å². The summed E-state index contributed by atoms with van der Waals surface area (Å²) in [4.78, 5) is 0. The average molecular weight is 1220 g/mol. The molecule has 21 rings (SSSR count). The Bertz CT molecular complexity index is 6580. The quantitative estimate of drug-likeness (QED) is 0.145. The summed E-state index contributed by atoms with van der Waals surface area (Å²) in [6, 6.07) is 127. The van der Waals surface area contributed by atoms with Crippen molar-refractivity contribution in [2.75, 3.05) is 0 Å². The smallest absolute Gasteiger partial charge is 0.0562 e. The van der Waals surface area contributed by atoms with Crippen LogP contribution in [0.25, 0.3) is 187 Å². The molecule has 0 fully saturated rings. The largest absolute Gasteiger partial charge is 0.309 e. The van der Waals surface area contributed by atoms with E-state index in [4.69, 9.17) is 0 Å². The number of para-hydroxylation sites is 12. The molecular weight excluding hydrogens is 1170 g/mol. The molecule has 15 aromatic carbocycles. The van der Waals surface area contributed by atoms with Gasteiger partial charge in [-0.2, -0.15) is 0 Å². The number of aromatic nitrogens is 6. The van der Waals surface area contributed by atoms with Gasteiger partial charge in [-0.25, -0.2) is 0 Å². The van der Waals surface area contributed by atoms with E-state index in [-0.39, 0.29) is 0 Å². The zero-order valence-corrected chi connectivity index (χ0v) is 52.0. The molecule has 0 unspecified atom stereocenters. The average Bonchev–Trinajstić information content (AvgIpc) is 1.46. The minimum atomic E-state index is 1.05. The molecule has 0 amide bonds. The van der Waals surface area contributed by atoms with Crippen LogP contribution >= 0.6 is 0 Å². The third-order valence-corrected chi connectivity index (χ3v) is 20.6. The number of hydrogen-bond donors (Lipinski definition) is 0. The van der Waals surface area contributed by atoms with Crippen LogP contribution < -0.4 is 0 Å². The van der Waals surface area contributed by atoms with Crippen LogP contribution in [0.5, 0.6) is 0 Å². The molecule has 0 aliphatic heterocycles. The fourth-order valence-corrected chi connectivity index (χ4v) is 16.7. The number of fused-ring (bicyclic) bond motifs is 18. The molecule has 21 aromatic rings. The van der Waals surface area contributed by atoms with Crippen LogP contribution in [0.2, 0.25) is 0 Å². The summed E-state index contributed by atoms with van der Waals surface area (Å²) in [7, 11) is 0. The van der Waals surface area contributed by atoms with Gasteiger partial charge in [0.2, 0.25) is 0 Å². The van der Waals surface area contributed by atoms with Gasteiger partial charge < -0.3 is 27.4 Å². The molecule has 6 heteroatoms. The van der Waals surface area contributed by atoms with E-state index in [1.807, 2.05) is 0 Å². The van der Waals surface area contributed by atoms with Crippen molar-refractivity contribution in [1.29, 1.82) is 0 Å². The Morgan fingerprint density at radius 1 is 0.125 bits per heavy atom. The monoisotopic (exact) mass is 1220 g/mol. The molecule has 96 heavy (non-hydrogen) atoms. The van der Waals surface area contributed by atoms with E-state index in [2.05, 4.69) is 367 Å². The zero-order chi connectivity index (χ0) is 62.7. The van der Waals surface area contributed by atoms with E-state index < -0.39 is 0 Å². The highest BCUT2D eigenvalue weighted by molar-refractivity contribution is 6.17. The Kier molecular flexibility index (Phi) is 11.1. The van der Waals surface area contributed by atoms with Crippen LogP contribution in [0.4, 0.5) is 0 Å². The van der Waals surface area contributed by atoms with Crippen molar-refractivity contribution in [2.24, 2.45) is 0 Å². The maximum atomic E-state index is 2.56. The van der Waals surface area contributed by atoms with Gasteiger partial charge in [0.1, 0.15) is 0 Å². The topological polar surface area (TPSA) is 29.6 Å². The van der Waals surface area contributed by atoms with Gasteiger partial charge in [-0.15, -0.1) is 0 Å². The van der Waals surface area contributed by atoms with Crippen molar-refractivity contribution in [3.05, 3.63) is 340 Å².